The third-order valence-corrected chi connectivity index (χ3v) is 3.68. The number of halogens is 1. The second-order valence-corrected chi connectivity index (χ2v) is 4.82. The first-order valence-electron chi connectivity index (χ1n) is 5.04. The summed E-state index contributed by atoms with van der Waals surface area (Å²) in [6.45, 7) is 0. The first kappa shape index (κ1) is 11.3. The number of hydrogen-bond donors (Lipinski definition) is 2. The lowest BCUT2D eigenvalue weighted by molar-refractivity contribution is 0.0697. The van der Waals surface area contributed by atoms with Crippen molar-refractivity contribution in [1.82, 2.24) is 0 Å². The molecule has 0 amide bonds. The molecular weight excluding hydrogens is 229 g/mol. The van der Waals surface area contributed by atoms with E-state index in [2.05, 4.69) is 5.32 Å². The standard InChI is InChI=1S/C11H12FNO2S/c12-9-3-1-2-8(11(14)15)10(9)13-7-4-5-16-6-7/h1-3,7,13H,4-6H2,(H,14,15). The summed E-state index contributed by atoms with van der Waals surface area (Å²) in [5.74, 6) is 0.325. The first-order valence-corrected chi connectivity index (χ1v) is 6.20. The predicted molar refractivity (Wildman–Crippen MR) is 62.7 cm³/mol. The predicted octanol–water partition coefficient (Wildman–Crippen LogP) is 2.44. The molecule has 1 atom stereocenters. The molecule has 5 heteroatoms. The lowest BCUT2D eigenvalue weighted by Crippen LogP contribution is -2.21. The normalized spacial score (nSPS) is 19.7. The van der Waals surface area contributed by atoms with Crippen molar-refractivity contribution in [1.29, 1.82) is 0 Å². The van der Waals surface area contributed by atoms with Crippen molar-refractivity contribution in [3.63, 3.8) is 0 Å². The van der Waals surface area contributed by atoms with Crippen molar-refractivity contribution in [2.24, 2.45) is 0 Å². The van der Waals surface area contributed by atoms with Crippen LogP contribution in [0.25, 0.3) is 0 Å². The van der Waals surface area contributed by atoms with Gasteiger partial charge in [-0.25, -0.2) is 9.18 Å². The number of thioether (sulfide) groups is 1. The van der Waals surface area contributed by atoms with Gasteiger partial charge in [0.05, 0.1) is 11.3 Å². The minimum absolute atomic E-state index is 0.00287. The molecule has 0 radical (unpaired) electrons. The van der Waals surface area contributed by atoms with Gasteiger partial charge in [0.25, 0.3) is 0 Å². The number of benzene rings is 1. The molecule has 1 aromatic carbocycles. The Morgan fingerprint density at radius 1 is 1.56 bits per heavy atom. The fourth-order valence-corrected chi connectivity index (χ4v) is 2.85. The van der Waals surface area contributed by atoms with E-state index in [1.165, 1.54) is 18.2 Å². The maximum atomic E-state index is 13.5. The summed E-state index contributed by atoms with van der Waals surface area (Å²) in [4.78, 5) is 10.9. The molecule has 1 aliphatic rings. The van der Waals surface area contributed by atoms with Crippen molar-refractivity contribution in [3.8, 4) is 0 Å². The van der Waals surface area contributed by atoms with Gasteiger partial charge >= 0.3 is 5.97 Å². The van der Waals surface area contributed by atoms with Gasteiger partial charge < -0.3 is 10.4 Å². The van der Waals surface area contributed by atoms with Crippen LogP contribution in [-0.2, 0) is 0 Å². The van der Waals surface area contributed by atoms with E-state index in [0.717, 1.165) is 17.9 Å². The van der Waals surface area contributed by atoms with Crippen molar-refractivity contribution < 1.29 is 14.3 Å². The first-order chi connectivity index (χ1) is 7.68. The van der Waals surface area contributed by atoms with Gasteiger partial charge in [-0.3, -0.25) is 0 Å². The number of rotatable bonds is 3. The summed E-state index contributed by atoms with van der Waals surface area (Å²) in [5, 5.41) is 11.9. The van der Waals surface area contributed by atoms with Gasteiger partial charge in [0.15, 0.2) is 0 Å². The molecule has 16 heavy (non-hydrogen) atoms. The van der Waals surface area contributed by atoms with E-state index in [1.54, 1.807) is 11.8 Å². The van der Waals surface area contributed by atoms with Crippen LogP contribution in [0.5, 0.6) is 0 Å². The number of aromatic carboxylic acids is 1. The van der Waals surface area contributed by atoms with Crippen LogP contribution < -0.4 is 5.32 Å². The summed E-state index contributed by atoms with van der Waals surface area (Å²) >= 11 is 1.79. The van der Waals surface area contributed by atoms with Crippen molar-refractivity contribution in [3.05, 3.63) is 29.6 Å². The van der Waals surface area contributed by atoms with Crippen LogP contribution >= 0.6 is 11.8 Å². The Bertz CT molecular complexity index is 405. The van der Waals surface area contributed by atoms with Crippen molar-refractivity contribution in [2.75, 3.05) is 16.8 Å². The van der Waals surface area contributed by atoms with E-state index >= 15 is 0 Å². The number of carboxylic acid groups (broad SMARTS) is 1. The molecule has 1 fully saturated rings. The minimum atomic E-state index is -1.10. The Morgan fingerprint density at radius 3 is 3.00 bits per heavy atom. The molecule has 1 saturated heterocycles. The van der Waals surface area contributed by atoms with Gasteiger partial charge in [0, 0.05) is 11.8 Å². The molecule has 2 N–H and O–H groups in total. The van der Waals surface area contributed by atoms with Gasteiger partial charge in [-0.05, 0) is 24.3 Å². The van der Waals surface area contributed by atoms with Gasteiger partial charge in [-0.1, -0.05) is 6.07 Å². The highest BCUT2D eigenvalue weighted by molar-refractivity contribution is 7.99. The molecule has 0 saturated carbocycles. The van der Waals surface area contributed by atoms with Crippen LogP contribution in [-0.4, -0.2) is 28.6 Å². The second kappa shape index (κ2) is 4.74. The maximum absolute atomic E-state index is 13.5. The third kappa shape index (κ3) is 2.29. The fraction of sp³-hybridized carbons (Fsp3) is 0.364. The number of carboxylic acids is 1. The van der Waals surface area contributed by atoms with Crippen LogP contribution in [0.4, 0.5) is 10.1 Å². The number of hydrogen-bond acceptors (Lipinski definition) is 3. The Kier molecular flexibility index (Phi) is 3.33. The van der Waals surface area contributed by atoms with E-state index in [-0.39, 0.29) is 17.3 Å². The summed E-state index contributed by atoms with van der Waals surface area (Å²) in [6, 6.07) is 4.26. The molecule has 2 rings (SSSR count). The number of nitrogens with one attached hydrogen (secondary N) is 1. The Morgan fingerprint density at radius 2 is 2.38 bits per heavy atom. The highest BCUT2D eigenvalue weighted by Gasteiger charge is 2.20. The molecule has 0 spiro atoms. The van der Waals surface area contributed by atoms with E-state index in [1.807, 2.05) is 0 Å². The lowest BCUT2D eigenvalue weighted by Gasteiger charge is -2.15. The molecule has 3 nitrogen and oxygen atoms in total. The number of anilines is 1. The monoisotopic (exact) mass is 241 g/mol. The fourth-order valence-electron chi connectivity index (χ4n) is 1.70. The molecule has 86 valence electrons. The zero-order chi connectivity index (χ0) is 11.5. The Labute approximate surface area is 97.0 Å². The largest absolute Gasteiger partial charge is 0.478 e. The smallest absolute Gasteiger partial charge is 0.337 e. The number of carbonyl (C=O) groups is 1. The zero-order valence-electron chi connectivity index (χ0n) is 8.57. The molecular formula is C11H12FNO2S. The van der Waals surface area contributed by atoms with Crippen LogP contribution in [0.2, 0.25) is 0 Å². The van der Waals surface area contributed by atoms with Crippen molar-refractivity contribution >= 4 is 23.4 Å². The molecule has 1 heterocycles. The van der Waals surface area contributed by atoms with Gasteiger partial charge in [-0.2, -0.15) is 11.8 Å². The molecule has 0 aliphatic carbocycles. The van der Waals surface area contributed by atoms with E-state index in [0.29, 0.717) is 0 Å². The average molecular weight is 241 g/mol. The van der Waals surface area contributed by atoms with Gasteiger partial charge in [0.2, 0.25) is 0 Å². The summed E-state index contributed by atoms with van der Waals surface area (Å²) < 4.78 is 13.5. The molecule has 1 unspecified atom stereocenters. The van der Waals surface area contributed by atoms with E-state index < -0.39 is 11.8 Å². The van der Waals surface area contributed by atoms with Gasteiger partial charge in [-0.15, -0.1) is 0 Å². The lowest BCUT2D eigenvalue weighted by atomic mass is 10.1. The van der Waals surface area contributed by atoms with E-state index in [4.69, 9.17) is 5.11 Å². The van der Waals surface area contributed by atoms with Crippen molar-refractivity contribution in [2.45, 2.75) is 12.5 Å². The highest BCUT2D eigenvalue weighted by Crippen LogP contribution is 2.25. The average Bonchev–Trinajstić information content (AvgIpc) is 2.73. The van der Waals surface area contributed by atoms with Crippen LogP contribution in [0, 0.1) is 5.82 Å². The van der Waals surface area contributed by atoms with Crippen LogP contribution in [0.1, 0.15) is 16.8 Å². The highest BCUT2D eigenvalue weighted by atomic mass is 32.2. The maximum Gasteiger partial charge on any atom is 0.337 e. The Hall–Kier alpha value is -1.23. The topological polar surface area (TPSA) is 49.3 Å². The zero-order valence-corrected chi connectivity index (χ0v) is 9.39. The molecule has 0 bridgehead atoms. The molecule has 0 aromatic heterocycles. The van der Waals surface area contributed by atoms with Crippen LogP contribution in [0.3, 0.4) is 0 Å². The summed E-state index contributed by atoms with van der Waals surface area (Å²) in [6.07, 6.45) is 0.943. The Balaban J connectivity index is 2.26. The summed E-state index contributed by atoms with van der Waals surface area (Å²) in [7, 11) is 0. The SMILES string of the molecule is O=C(O)c1cccc(F)c1NC1CCSC1. The van der Waals surface area contributed by atoms with E-state index in [9.17, 15) is 9.18 Å². The minimum Gasteiger partial charge on any atom is -0.478 e. The molecule has 1 aromatic rings. The molecule has 1 aliphatic heterocycles. The number of para-hydroxylation sites is 1. The van der Waals surface area contributed by atoms with Crippen LogP contribution in [0.15, 0.2) is 18.2 Å². The quantitative estimate of drug-likeness (QED) is 0.853. The third-order valence-electron chi connectivity index (χ3n) is 2.52. The second-order valence-electron chi connectivity index (χ2n) is 3.67. The summed E-state index contributed by atoms with van der Waals surface area (Å²) in [5.41, 5.74) is 0.111. The van der Waals surface area contributed by atoms with Gasteiger partial charge in [0.1, 0.15) is 5.82 Å².